The Balaban J connectivity index is 1.81. The van der Waals surface area contributed by atoms with Gasteiger partial charge in [-0.05, 0) is 38.0 Å². The quantitative estimate of drug-likeness (QED) is 0.926. The molecule has 1 aliphatic heterocycles. The summed E-state index contributed by atoms with van der Waals surface area (Å²) in [4.78, 5) is 25.6. The van der Waals surface area contributed by atoms with Crippen molar-refractivity contribution in [2.75, 3.05) is 6.54 Å². The van der Waals surface area contributed by atoms with Crippen LogP contribution >= 0.6 is 11.6 Å². The van der Waals surface area contributed by atoms with Gasteiger partial charge in [0.25, 0.3) is 5.91 Å². The van der Waals surface area contributed by atoms with Crippen LogP contribution in [0.2, 0.25) is 5.02 Å². The normalized spacial score (nSPS) is 20.8. The van der Waals surface area contributed by atoms with E-state index in [0.29, 0.717) is 23.4 Å². The van der Waals surface area contributed by atoms with E-state index in [1.165, 1.54) is 6.20 Å². The Bertz CT molecular complexity index is 774. The number of halogens is 1. The summed E-state index contributed by atoms with van der Waals surface area (Å²) in [5.41, 5.74) is 1.20. The van der Waals surface area contributed by atoms with Crippen molar-refractivity contribution in [3.8, 4) is 5.69 Å². The largest absolute Gasteiger partial charge is 0.481 e. The fraction of sp³-hybridized carbons (Fsp3) is 0.353. The molecule has 1 aromatic heterocycles. The molecule has 2 aromatic rings. The van der Waals surface area contributed by atoms with Crippen molar-refractivity contribution in [2.24, 2.45) is 5.92 Å². The lowest BCUT2D eigenvalue weighted by atomic mass is 9.93. The van der Waals surface area contributed by atoms with Gasteiger partial charge in [0.2, 0.25) is 0 Å². The van der Waals surface area contributed by atoms with E-state index in [1.807, 2.05) is 19.1 Å². The summed E-state index contributed by atoms with van der Waals surface area (Å²) in [5, 5.41) is 14.0. The lowest BCUT2D eigenvalue weighted by Gasteiger charge is -2.36. The first-order chi connectivity index (χ1) is 11.5. The smallest absolute Gasteiger partial charge is 0.308 e. The molecule has 0 saturated carbocycles. The summed E-state index contributed by atoms with van der Waals surface area (Å²) in [6, 6.07) is 7.19. The van der Waals surface area contributed by atoms with Gasteiger partial charge >= 0.3 is 5.97 Å². The lowest BCUT2D eigenvalue weighted by Crippen LogP contribution is -2.47. The van der Waals surface area contributed by atoms with Gasteiger partial charge in [-0.15, -0.1) is 0 Å². The molecule has 2 unspecified atom stereocenters. The molecule has 2 heterocycles. The van der Waals surface area contributed by atoms with Gasteiger partial charge in [-0.3, -0.25) is 9.59 Å². The van der Waals surface area contributed by atoms with Crippen LogP contribution in [0.5, 0.6) is 0 Å². The second-order valence-electron chi connectivity index (χ2n) is 6.07. The van der Waals surface area contributed by atoms with Gasteiger partial charge in [0.1, 0.15) is 0 Å². The number of benzene rings is 1. The monoisotopic (exact) mass is 347 g/mol. The Morgan fingerprint density at radius 3 is 2.83 bits per heavy atom. The van der Waals surface area contributed by atoms with Gasteiger partial charge in [0.05, 0.1) is 23.4 Å². The third kappa shape index (κ3) is 3.28. The standard InChI is InChI=1S/C17H18ClN3O3/c1-11-5-6-12(17(23)24)9-20(11)16(22)13-8-19-21(10-13)15-4-2-3-14(18)7-15/h2-4,7-8,10-12H,5-6,9H2,1H3,(H,23,24). The molecule has 0 bridgehead atoms. The fourth-order valence-corrected chi connectivity index (χ4v) is 3.13. The zero-order valence-electron chi connectivity index (χ0n) is 13.2. The molecule has 7 heteroatoms. The number of likely N-dealkylation sites (tertiary alicyclic amines) is 1. The zero-order chi connectivity index (χ0) is 17.3. The Kier molecular flexibility index (Phi) is 4.57. The summed E-state index contributed by atoms with van der Waals surface area (Å²) in [5.74, 6) is -1.55. The molecule has 1 aliphatic rings. The average Bonchev–Trinajstić information content (AvgIpc) is 3.04. The number of hydrogen-bond donors (Lipinski definition) is 1. The number of carbonyl (C=O) groups is 2. The molecule has 3 rings (SSSR count). The first-order valence-electron chi connectivity index (χ1n) is 7.80. The van der Waals surface area contributed by atoms with E-state index >= 15 is 0 Å². The fourth-order valence-electron chi connectivity index (χ4n) is 2.95. The highest BCUT2D eigenvalue weighted by Gasteiger charge is 2.33. The van der Waals surface area contributed by atoms with Crippen LogP contribution < -0.4 is 0 Å². The number of hydrogen-bond acceptors (Lipinski definition) is 3. The summed E-state index contributed by atoms with van der Waals surface area (Å²) in [6.07, 6.45) is 4.43. The Labute approximate surface area is 144 Å². The van der Waals surface area contributed by atoms with E-state index in [4.69, 9.17) is 11.6 Å². The summed E-state index contributed by atoms with van der Waals surface area (Å²) in [6.45, 7) is 2.18. The van der Waals surface area contributed by atoms with Gasteiger partial charge in [0.15, 0.2) is 0 Å². The van der Waals surface area contributed by atoms with E-state index in [2.05, 4.69) is 5.10 Å². The van der Waals surface area contributed by atoms with Crippen LogP contribution in [0.15, 0.2) is 36.7 Å². The molecular weight excluding hydrogens is 330 g/mol. The highest BCUT2D eigenvalue weighted by Crippen LogP contribution is 2.24. The molecule has 1 N–H and O–H groups in total. The number of aliphatic carboxylic acids is 1. The summed E-state index contributed by atoms with van der Waals surface area (Å²) < 4.78 is 1.59. The Morgan fingerprint density at radius 2 is 2.12 bits per heavy atom. The number of carbonyl (C=O) groups excluding carboxylic acids is 1. The van der Waals surface area contributed by atoms with Gasteiger partial charge < -0.3 is 10.0 Å². The maximum atomic E-state index is 12.7. The third-order valence-corrected chi connectivity index (χ3v) is 4.63. The van der Waals surface area contributed by atoms with Crippen molar-refractivity contribution in [3.63, 3.8) is 0 Å². The van der Waals surface area contributed by atoms with Crippen LogP contribution in [-0.2, 0) is 4.79 Å². The lowest BCUT2D eigenvalue weighted by molar-refractivity contribution is -0.143. The van der Waals surface area contributed by atoms with E-state index in [0.717, 1.165) is 5.69 Å². The van der Waals surface area contributed by atoms with Crippen molar-refractivity contribution < 1.29 is 14.7 Å². The second kappa shape index (κ2) is 6.65. The predicted octanol–water partition coefficient (Wildman–Crippen LogP) is 2.85. The summed E-state index contributed by atoms with van der Waals surface area (Å²) >= 11 is 5.98. The average molecular weight is 348 g/mol. The molecule has 0 radical (unpaired) electrons. The number of amides is 1. The van der Waals surface area contributed by atoms with Crippen LogP contribution in [0.25, 0.3) is 5.69 Å². The number of rotatable bonds is 3. The number of carboxylic acids is 1. The number of nitrogens with zero attached hydrogens (tertiary/aromatic N) is 3. The molecule has 1 amide bonds. The first kappa shape index (κ1) is 16.5. The second-order valence-corrected chi connectivity index (χ2v) is 6.51. The van der Waals surface area contributed by atoms with Crippen LogP contribution in [0, 0.1) is 5.92 Å². The van der Waals surface area contributed by atoms with Crippen molar-refractivity contribution in [3.05, 3.63) is 47.2 Å². The SMILES string of the molecule is CC1CCC(C(=O)O)CN1C(=O)c1cnn(-c2cccc(Cl)c2)c1. The molecule has 126 valence electrons. The minimum Gasteiger partial charge on any atom is -0.481 e. The molecule has 1 saturated heterocycles. The predicted molar refractivity (Wildman–Crippen MR) is 89.4 cm³/mol. The van der Waals surface area contributed by atoms with Gasteiger partial charge in [-0.2, -0.15) is 5.10 Å². The van der Waals surface area contributed by atoms with E-state index in [1.54, 1.807) is 27.9 Å². The molecule has 0 aliphatic carbocycles. The first-order valence-corrected chi connectivity index (χ1v) is 8.18. The zero-order valence-corrected chi connectivity index (χ0v) is 14.0. The van der Waals surface area contributed by atoms with Crippen molar-refractivity contribution in [1.29, 1.82) is 0 Å². The van der Waals surface area contributed by atoms with E-state index in [9.17, 15) is 14.7 Å². The minimum atomic E-state index is -0.852. The molecule has 24 heavy (non-hydrogen) atoms. The van der Waals surface area contributed by atoms with Crippen molar-refractivity contribution in [2.45, 2.75) is 25.8 Å². The van der Waals surface area contributed by atoms with Gasteiger partial charge in [-0.25, -0.2) is 4.68 Å². The highest BCUT2D eigenvalue weighted by atomic mass is 35.5. The highest BCUT2D eigenvalue weighted by molar-refractivity contribution is 6.30. The number of aromatic nitrogens is 2. The maximum Gasteiger partial charge on any atom is 0.308 e. The van der Waals surface area contributed by atoms with E-state index in [-0.39, 0.29) is 18.5 Å². The number of piperidine rings is 1. The van der Waals surface area contributed by atoms with Gasteiger partial charge in [-0.1, -0.05) is 17.7 Å². The maximum absolute atomic E-state index is 12.7. The summed E-state index contributed by atoms with van der Waals surface area (Å²) in [7, 11) is 0. The Hall–Kier alpha value is -2.34. The van der Waals surface area contributed by atoms with Crippen molar-refractivity contribution in [1.82, 2.24) is 14.7 Å². The minimum absolute atomic E-state index is 0.0163. The Morgan fingerprint density at radius 1 is 1.33 bits per heavy atom. The molecule has 0 spiro atoms. The molecule has 2 atom stereocenters. The molecule has 1 fully saturated rings. The van der Waals surface area contributed by atoms with Gasteiger partial charge in [0, 0.05) is 23.8 Å². The molecule has 6 nitrogen and oxygen atoms in total. The molecule has 1 aromatic carbocycles. The third-order valence-electron chi connectivity index (χ3n) is 4.39. The van der Waals surface area contributed by atoms with Crippen LogP contribution in [0.3, 0.4) is 0 Å². The van der Waals surface area contributed by atoms with Crippen molar-refractivity contribution >= 4 is 23.5 Å². The van der Waals surface area contributed by atoms with E-state index < -0.39 is 11.9 Å². The van der Waals surface area contributed by atoms with Crippen LogP contribution in [-0.4, -0.2) is 44.3 Å². The topological polar surface area (TPSA) is 75.4 Å². The molecular formula is C17H18ClN3O3. The van der Waals surface area contributed by atoms with Crippen LogP contribution in [0.4, 0.5) is 0 Å². The van der Waals surface area contributed by atoms with Crippen LogP contribution in [0.1, 0.15) is 30.1 Å². The number of carboxylic acid groups (broad SMARTS) is 1.